The molecule has 1 aromatic heterocycles. The number of carbonyl (C=O) groups excluding carboxylic acids is 1. The lowest BCUT2D eigenvalue weighted by Crippen LogP contribution is -2.22. The molecule has 1 aromatic rings. The predicted octanol–water partition coefficient (Wildman–Crippen LogP) is 1.57. The average Bonchev–Trinajstić information content (AvgIpc) is 2.14. The minimum absolute atomic E-state index is 0.184. The molecule has 0 radical (unpaired) electrons. The van der Waals surface area contributed by atoms with Crippen LogP contribution in [0.2, 0.25) is 0 Å². The van der Waals surface area contributed by atoms with Crippen molar-refractivity contribution in [2.45, 2.75) is 27.4 Å². The number of nitrogens with zero attached hydrogens (tertiary/aromatic N) is 2. The van der Waals surface area contributed by atoms with Crippen LogP contribution in [0.15, 0.2) is 18.6 Å². The molecule has 14 heavy (non-hydrogen) atoms. The molecule has 76 valence electrons. The second-order valence-electron chi connectivity index (χ2n) is 4.02. The fourth-order valence-electron chi connectivity index (χ4n) is 0.760. The van der Waals surface area contributed by atoms with E-state index >= 15 is 0 Å². The van der Waals surface area contributed by atoms with E-state index in [4.69, 9.17) is 4.74 Å². The highest BCUT2D eigenvalue weighted by Gasteiger charge is 2.22. The van der Waals surface area contributed by atoms with Gasteiger partial charge < -0.3 is 4.74 Å². The van der Waals surface area contributed by atoms with Gasteiger partial charge in [0.1, 0.15) is 6.61 Å². The number of carbonyl (C=O) groups is 1. The molecule has 0 aromatic carbocycles. The van der Waals surface area contributed by atoms with Crippen molar-refractivity contribution in [3.63, 3.8) is 0 Å². The Bertz CT molecular complexity index is 304. The van der Waals surface area contributed by atoms with E-state index in [2.05, 4.69) is 9.97 Å². The van der Waals surface area contributed by atoms with Crippen LogP contribution in [0.25, 0.3) is 0 Å². The Labute approximate surface area is 83.3 Å². The summed E-state index contributed by atoms with van der Waals surface area (Å²) in [7, 11) is 0. The zero-order valence-corrected chi connectivity index (χ0v) is 8.65. The van der Waals surface area contributed by atoms with E-state index in [0.717, 1.165) is 0 Å². The summed E-state index contributed by atoms with van der Waals surface area (Å²) in [4.78, 5) is 19.2. The van der Waals surface area contributed by atoms with Crippen molar-refractivity contribution in [2.75, 3.05) is 0 Å². The summed E-state index contributed by atoms with van der Waals surface area (Å²) in [6, 6.07) is 0. The van der Waals surface area contributed by atoms with Crippen LogP contribution in [0.5, 0.6) is 0 Å². The fraction of sp³-hybridized carbons (Fsp3) is 0.500. The molecule has 0 aliphatic carbocycles. The van der Waals surface area contributed by atoms with Crippen molar-refractivity contribution in [2.24, 2.45) is 5.41 Å². The molecule has 4 nitrogen and oxygen atoms in total. The molecule has 0 bridgehead atoms. The monoisotopic (exact) mass is 194 g/mol. The van der Waals surface area contributed by atoms with Gasteiger partial charge in [-0.05, 0) is 20.8 Å². The van der Waals surface area contributed by atoms with Crippen LogP contribution in [0.1, 0.15) is 26.5 Å². The Hall–Kier alpha value is -1.45. The largest absolute Gasteiger partial charge is 0.459 e. The Morgan fingerprint density at radius 1 is 1.43 bits per heavy atom. The maximum Gasteiger partial charge on any atom is 0.311 e. The summed E-state index contributed by atoms with van der Waals surface area (Å²) in [5, 5.41) is 0. The van der Waals surface area contributed by atoms with Gasteiger partial charge in [0, 0.05) is 12.4 Å². The Kier molecular flexibility index (Phi) is 3.17. The molecule has 0 aliphatic rings. The quantitative estimate of drug-likeness (QED) is 0.670. The summed E-state index contributed by atoms with van der Waals surface area (Å²) in [5.74, 6) is -0.233. The molecule has 0 saturated carbocycles. The minimum Gasteiger partial charge on any atom is -0.459 e. The first-order valence-electron chi connectivity index (χ1n) is 4.42. The topological polar surface area (TPSA) is 52.1 Å². The minimum atomic E-state index is -0.470. The molecule has 0 saturated heterocycles. The van der Waals surface area contributed by atoms with Crippen LogP contribution in [0.3, 0.4) is 0 Å². The van der Waals surface area contributed by atoms with Gasteiger partial charge in [-0.2, -0.15) is 0 Å². The number of hydrogen-bond donors (Lipinski definition) is 0. The lowest BCUT2D eigenvalue weighted by molar-refractivity contribution is -0.154. The zero-order valence-electron chi connectivity index (χ0n) is 8.65. The summed E-state index contributed by atoms with van der Waals surface area (Å²) >= 11 is 0. The van der Waals surface area contributed by atoms with Gasteiger partial charge in [-0.25, -0.2) is 0 Å². The normalized spacial score (nSPS) is 11.1. The van der Waals surface area contributed by atoms with E-state index in [1.54, 1.807) is 18.6 Å². The van der Waals surface area contributed by atoms with Crippen molar-refractivity contribution in [1.29, 1.82) is 0 Å². The van der Waals surface area contributed by atoms with Gasteiger partial charge in [0.05, 0.1) is 17.3 Å². The third-order valence-corrected chi connectivity index (χ3v) is 1.58. The lowest BCUT2D eigenvalue weighted by Gasteiger charge is -2.15. The van der Waals surface area contributed by atoms with Gasteiger partial charge in [0.15, 0.2) is 0 Å². The highest BCUT2D eigenvalue weighted by atomic mass is 16.5. The summed E-state index contributed by atoms with van der Waals surface area (Å²) in [6.45, 7) is 5.62. The first-order valence-corrected chi connectivity index (χ1v) is 4.42. The van der Waals surface area contributed by atoms with E-state index in [1.807, 2.05) is 20.8 Å². The van der Waals surface area contributed by atoms with E-state index < -0.39 is 5.41 Å². The maximum absolute atomic E-state index is 11.4. The average molecular weight is 194 g/mol. The van der Waals surface area contributed by atoms with Crippen molar-refractivity contribution in [3.8, 4) is 0 Å². The van der Waals surface area contributed by atoms with Gasteiger partial charge >= 0.3 is 5.97 Å². The van der Waals surface area contributed by atoms with E-state index in [1.165, 1.54) is 0 Å². The number of esters is 1. The number of ether oxygens (including phenoxy) is 1. The first-order chi connectivity index (χ1) is 6.50. The number of rotatable bonds is 2. The van der Waals surface area contributed by atoms with Crippen molar-refractivity contribution >= 4 is 5.97 Å². The molecule has 0 spiro atoms. The fourth-order valence-corrected chi connectivity index (χ4v) is 0.760. The molecule has 0 aliphatic heterocycles. The van der Waals surface area contributed by atoms with Gasteiger partial charge in [-0.15, -0.1) is 0 Å². The standard InChI is InChI=1S/C10H14N2O2/c1-10(2,3)9(13)14-7-8-6-11-4-5-12-8/h4-6H,7H2,1-3H3. The van der Waals surface area contributed by atoms with Gasteiger partial charge in [0.2, 0.25) is 0 Å². The molecule has 0 atom stereocenters. The molecule has 1 rings (SSSR count). The molecule has 4 heteroatoms. The van der Waals surface area contributed by atoms with Gasteiger partial charge in [-0.3, -0.25) is 14.8 Å². The third-order valence-electron chi connectivity index (χ3n) is 1.58. The highest BCUT2D eigenvalue weighted by molar-refractivity contribution is 5.75. The molecular weight excluding hydrogens is 180 g/mol. The van der Waals surface area contributed by atoms with Gasteiger partial charge in [-0.1, -0.05) is 0 Å². The van der Waals surface area contributed by atoms with Gasteiger partial charge in [0.25, 0.3) is 0 Å². The van der Waals surface area contributed by atoms with Crippen molar-refractivity contribution in [1.82, 2.24) is 9.97 Å². The zero-order chi connectivity index (χ0) is 10.6. The second kappa shape index (κ2) is 4.17. The molecule has 0 fully saturated rings. The van der Waals surface area contributed by atoms with Crippen LogP contribution in [0, 0.1) is 5.41 Å². The van der Waals surface area contributed by atoms with Crippen LogP contribution >= 0.6 is 0 Å². The first kappa shape index (κ1) is 10.6. The highest BCUT2D eigenvalue weighted by Crippen LogP contribution is 2.15. The van der Waals surface area contributed by atoms with E-state index in [9.17, 15) is 4.79 Å². The summed E-state index contributed by atoms with van der Waals surface area (Å²) in [6.07, 6.45) is 4.73. The molecule has 0 unspecified atom stereocenters. The van der Waals surface area contributed by atoms with Crippen LogP contribution in [-0.4, -0.2) is 15.9 Å². The van der Waals surface area contributed by atoms with Crippen molar-refractivity contribution in [3.05, 3.63) is 24.3 Å². The Morgan fingerprint density at radius 3 is 2.64 bits per heavy atom. The second-order valence-corrected chi connectivity index (χ2v) is 4.02. The van der Waals surface area contributed by atoms with Crippen LogP contribution < -0.4 is 0 Å². The van der Waals surface area contributed by atoms with Crippen molar-refractivity contribution < 1.29 is 9.53 Å². The Morgan fingerprint density at radius 2 is 2.14 bits per heavy atom. The third kappa shape index (κ3) is 3.12. The molecule has 0 N–H and O–H groups in total. The van der Waals surface area contributed by atoms with Crippen LogP contribution in [-0.2, 0) is 16.1 Å². The number of aromatic nitrogens is 2. The van der Waals surface area contributed by atoms with Crippen LogP contribution in [0.4, 0.5) is 0 Å². The number of hydrogen-bond acceptors (Lipinski definition) is 4. The lowest BCUT2D eigenvalue weighted by atomic mass is 9.97. The van der Waals surface area contributed by atoms with E-state index in [-0.39, 0.29) is 12.6 Å². The SMILES string of the molecule is CC(C)(C)C(=O)OCc1cnccn1. The predicted molar refractivity (Wildman–Crippen MR) is 51.3 cm³/mol. The summed E-state index contributed by atoms with van der Waals surface area (Å²) in [5.41, 5.74) is 0.187. The summed E-state index contributed by atoms with van der Waals surface area (Å²) < 4.78 is 5.05. The van der Waals surface area contributed by atoms with E-state index in [0.29, 0.717) is 5.69 Å². The smallest absolute Gasteiger partial charge is 0.311 e. The Balaban J connectivity index is 2.46. The molecule has 1 heterocycles. The maximum atomic E-state index is 11.4. The molecular formula is C10H14N2O2. The molecule has 0 amide bonds.